The largest absolute Gasteiger partial charge is 0.466 e. The maximum atomic E-state index is 12.9. The predicted molar refractivity (Wildman–Crippen MR) is 70.7 cm³/mol. The number of fused-ring (bicyclic) bond motifs is 1. The first-order valence-electron chi connectivity index (χ1n) is 6.79. The van der Waals surface area contributed by atoms with E-state index in [1.54, 1.807) is 0 Å². The molecule has 1 amide bonds. The van der Waals surface area contributed by atoms with Gasteiger partial charge in [0, 0.05) is 17.2 Å². The van der Waals surface area contributed by atoms with Crippen LogP contribution in [0.5, 0.6) is 6.01 Å². The summed E-state index contributed by atoms with van der Waals surface area (Å²) in [4.78, 5) is 16.0. The molecular weight excluding hydrogens is 317 g/mol. The second kappa shape index (κ2) is 5.56. The minimum Gasteiger partial charge on any atom is -0.466 e. The molecule has 2 aromatic rings. The Hall–Kier alpha value is -2.59. The topological polar surface area (TPSA) is 109 Å². The van der Waals surface area contributed by atoms with E-state index in [1.807, 2.05) is 0 Å². The molecule has 11 heteroatoms. The Morgan fingerprint density at radius 1 is 1.35 bits per heavy atom. The van der Waals surface area contributed by atoms with Gasteiger partial charge in [-0.1, -0.05) is 0 Å². The van der Waals surface area contributed by atoms with Gasteiger partial charge in [-0.05, 0) is 19.3 Å². The van der Waals surface area contributed by atoms with Crippen molar-refractivity contribution in [1.82, 2.24) is 25.4 Å². The molecule has 0 bridgehead atoms. The molecule has 0 spiro atoms. The standard InChI is InChI=1S/C12H13F3N6O2/c1-23-11-17-10(20-21-11)16-9(22)5-2-3-7-6(4-5)8(19-18-7)12(13,14)15/h5H,2-4H2,1H3,(H,18,19)(H2,16,17,20,21,22)/t5-/m1/s1. The van der Waals surface area contributed by atoms with E-state index >= 15 is 0 Å². The molecule has 0 saturated heterocycles. The number of amides is 1. The Morgan fingerprint density at radius 2 is 2.13 bits per heavy atom. The number of halogens is 3. The van der Waals surface area contributed by atoms with Crippen LogP contribution in [0.2, 0.25) is 0 Å². The zero-order chi connectivity index (χ0) is 16.6. The third-order valence-electron chi connectivity index (χ3n) is 3.67. The molecule has 1 atom stereocenters. The van der Waals surface area contributed by atoms with Crippen LogP contribution in [0.1, 0.15) is 23.4 Å². The Balaban J connectivity index is 1.73. The average Bonchev–Trinajstić information content (AvgIpc) is 3.11. The number of hydrogen-bond donors (Lipinski definition) is 3. The van der Waals surface area contributed by atoms with Crippen LogP contribution < -0.4 is 10.1 Å². The van der Waals surface area contributed by atoms with Gasteiger partial charge in [-0.25, -0.2) is 5.10 Å². The molecule has 0 radical (unpaired) electrons. The Kier molecular flexibility index (Phi) is 3.70. The smallest absolute Gasteiger partial charge is 0.435 e. The number of ether oxygens (including phenoxy) is 1. The Morgan fingerprint density at radius 3 is 2.78 bits per heavy atom. The van der Waals surface area contributed by atoms with E-state index in [9.17, 15) is 18.0 Å². The summed E-state index contributed by atoms with van der Waals surface area (Å²) < 4.78 is 43.5. The number of nitrogens with one attached hydrogen (secondary N) is 3. The first kappa shape index (κ1) is 15.3. The fourth-order valence-corrected chi connectivity index (χ4v) is 2.57. The summed E-state index contributed by atoms with van der Waals surface area (Å²) in [5, 5.41) is 14.4. The van der Waals surface area contributed by atoms with Crippen molar-refractivity contribution in [2.75, 3.05) is 12.4 Å². The monoisotopic (exact) mass is 330 g/mol. The number of anilines is 1. The van der Waals surface area contributed by atoms with Crippen molar-refractivity contribution in [1.29, 1.82) is 0 Å². The highest BCUT2D eigenvalue weighted by molar-refractivity contribution is 5.91. The summed E-state index contributed by atoms with van der Waals surface area (Å²) in [6, 6.07) is 0.0559. The molecular formula is C12H13F3N6O2. The number of methoxy groups -OCH3 is 1. The number of nitrogens with zero attached hydrogens (tertiary/aromatic N) is 3. The molecule has 0 aliphatic heterocycles. The highest BCUT2D eigenvalue weighted by atomic mass is 19.4. The number of rotatable bonds is 3. The van der Waals surface area contributed by atoms with E-state index < -0.39 is 23.7 Å². The van der Waals surface area contributed by atoms with Crippen molar-refractivity contribution in [2.24, 2.45) is 5.92 Å². The van der Waals surface area contributed by atoms with E-state index in [2.05, 4.69) is 30.7 Å². The molecule has 3 rings (SSSR count). The quantitative estimate of drug-likeness (QED) is 0.786. The summed E-state index contributed by atoms with van der Waals surface area (Å²) in [7, 11) is 1.37. The molecule has 3 N–H and O–H groups in total. The minimum atomic E-state index is -4.54. The van der Waals surface area contributed by atoms with Gasteiger partial charge < -0.3 is 4.74 Å². The van der Waals surface area contributed by atoms with E-state index in [0.717, 1.165) is 0 Å². The van der Waals surface area contributed by atoms with Crippen molar-refractivity contribution >= 4 is 11.9 Å². The zero-order valence-corrected chi connectivity index (χ0v) is 12.0. The summed E-state index contributed by atoms with van der Waals surface area (Å²) in [6.07, 6.45) is -3.82. The van der Waals surface area contributed by atoms with E-state index in [1.165, 1.54) is 7.11 Å². The zero-order valence-electron chi connectivity index (χ0n) is 12.0. The molecule has 1 aliphatic carbocycles. The maximum Gasteiger partial charge on any atom is 0.435 e. The van der Waals surface area contributed by atoms with E-state index in [0.29, 0.717) is 18.5 Å². The van der Waals surface area contributed by atoms with Crippen LogP contribution in [0, 0.1) is 5.92 Å². The van der Waals surface area contributed by atoms with Gasteiger partial charge >= 0.3 is 12.2 Å². The third kappa shape index (κ3) is 2.98. The first-order valence-corrected chi connectivity index (χ1v) is 6.79. The summed E-state index contributed by atoms with van der Waals surface area (Å²) >= 11 is 0. The molecule has 2 heterocycles. The Bertz CT molecular complexity index is 723. The van der Waals surface area contributed by atoms with Gasteiger partial charge in [-0.3, -0.25) is 15.2 Å². The van der Waals surface area contributed by atoms with Crippen molar-refractivity contribution in [3.63, 3.8) is 0 Å². The van der Waals surface area contributed by atoms with Crippen molar-refractivity contribution in [2.45, 2.75) is 25.4 Å². The molecule has 2 aromatic heterocycles. The lowest BCUT2D eigenvalue weighted by Crippen LogP contribution is -2.29. The van der Waals surface area contributed by atoms with Crippen molar-refractivity contribution < 1.29 is 22.7 Å². The predicted octanol–water partition coefficient (Wildman–Crippen LogP) is 1.30. The molecule has 8 nitrogen and oxygen atoms in total. The Labute approximate surface area is 127 Å². The van der Waals surface area contributed by atoms with E-state index in [-0.39, 0.29) is 23.9 Å². The average molecular weight is 330 g/mol. The van der Waals surface area contributed by atoms with Crippen LogP contribution in [-0.4, -0.2) is 38.4 Å². The van der Waals surface area contributed by atoms with Crippen molar-refractivity contribution in [3.8, 4) is 6.01 Å². The van der Waals surface area contributed by atoms with Crippen LogP contribution >= 0.6 is 0 Å². The number of alkyl halides is 3. The molecule has 23 heavy (non-hydrogen) atoms. The van der Waals surface area contributed by atoms with Gasteiger partial charge in [-0.15, -0.1) is 5.10 Å². The molecule has 0 saturated carbocycles. The van der Waals surface area contributed by atoms with Crippen molar-refractivity contribution in [3.05, 3.63) is 17.0 Å². The molecule has 0 unspecified atom stereocenters. The number of H-pyrrole nitrogens is 2. The van der Waals surface area contributed by atoms with Gasteiger partial charge in [-0.2, -0.15) is 23.3 Å². The maximum absolute atomic E-state index is 12.9. The normalized spacial score (nSPS) is 17.7. The molecule has 1 aliphatic rings. The molecule has 124 valence electrons. The second-order valence-electron chi connectivity index (χ2n) is 5.13. The third-order valence-corrected chi connectivity index (χ3v) is 3.67. The number of hydrogen-bond acceptors (Lipinski definition) is 5. The van der Waals surface area contributed by atoms with Crippen LogP contribution in [0.4, 0.5) is 19.1 Å². The van der Waals surface area contributed by atoms with Crippen LogP contribution in [-0.2, 0) is 23.8 Å². The lowest BCUT2D eigenvalue weighted by molar-refractivity contribution is -0.142. The number of aromatic nitrogens is 5. The summed E-state index contributed by atoms with van der Waals surface area (Å²) in [5.74, 6) is -0.943. The number of carbonyl (C=O) groups excluding carboxylic acids is 1. The molecule has 0 fully saturated rings. The summed E-state index contributed by atoms with van der Waals surface area (Å²) in [5.41, 5.74) is -0.465. The first-order chi connectivity index (χ1) is 10.9. The number of aromatic amines is 2. The highest BCUT2D eigenvalue weighted by Crippen LogP contribution is 2.36. The van der Waals surface area contributed by atoms with Gasteiger partial charge in [0.25, 0.3) is 0 Å². The van der Waals surface area contributed by atoms with Crippen LogP contribution in [0.3, 0.4) is 0 Å². The lowest BCUT2D eigenvalue weighted by Gasteiger charge is -2.21. The molecule has 0 aromatic carbocycles. The van der Waals surface area contributed by atoms with Crippen LogP contribution in [0.25, 0.3) is 0 Å². The highest BCUT2D eigenvalue weighted by Gasteiger charge is 2.40. The van der Waals surface area contributed by atoms with Gasteiger partial charge in [0.05, 0.1) is 7.11 Å². The number of carbonyl (C=O) groups is 1. The van der Waals surface area contributed by atoms with Gasteiger partial charge in [0.2, 0.25) is 11.9 Å². The lowest BCUT2D eigenvalue weighted by atomic mass is 9.85. The fraction of sp³-hybridized carbons (Fsp3) is 0.500. The van der Waals surface area contributed by atoms with Crippen LogP contribution in [0.15, 0.2) is 0 Å². The van der Waals surface area contributed by atoms with E-state index in [4.69, 9.17) is 4.74 Å². The second-order valence-corrected chi connectivity index (χ2v) is 5.13. The van der Waals surface area contributed by atoms with Gasteiger partial charge in [0.1, 0.15) is 0 Å². The SMILES string of the molecule is COc1n[nH]c(NC(=O)[C@@H]2CCc3[nH]nc(C(F)(F)F)c3C2)n1. The van der Waals surface area contributed by atoms with Gasteiger partial charge in [0.15, 0.2) is 5.69 Å². The number of aryl methyl sites for hydroxylation is 1. The summed E-state index contributed by atoms with van der Waals surface area (Å²) in [6.45, 7) is 0. The fourth-order valence-electron chi connectivity index (χ4n) is 2.57. The minimum absolute atomic E-state index is 0.0300.